The molecular weight excluding hydrogens is 162 g/mol. The lowest BCUT2D eigenvalue weighted by molar-refractivity contribution is 0.0886. The minimum atomic E-state index is -0.148. The molecule has 0 radical (unpaired) electrons. The van der Waals surface area contributed by atoms with Gasteiger partial charge in [-0.2, -0.15) is 0 Å². The second-order valence-electron chi connectivity index (χ2n) is 2.27. The minimum absolute atomic E-state index is 0.0105. The molecule has 0 aromatic heterocycles. The van der Waals surface area contributed by atoms with Gasteiger partial charge in [-0.25, -0.2) is 0 Å². The second kappa shape index (κ2) is 3.78. The average molecular weight is 173 g/mol. The zero-order valence-corrected chi connectivity index (χ0v) is 7.19. The molecule has 11 heavy (non-hydrogen) atoms. The van der Waals surface area contributed by atoms with Crippen molar-refractivity contribution in [3.05, 3.63) is 12.7 Å². The predicted octanol–water partition coefficient (Wildman–Crippen LogP) is 1.36. The molecule has 62 valence electrons. The number of methoxy groups -OCH3 is 1. The van der Waals surface area contributed by atoms with E-state index in [-0.39, 0.29) is 16.7 Å². The number of rotatable bonds is 3. The van der Waals surface area contributed by atoms with Crippen molar-refractivity contribution in [1.82, 2.24) is 5.32 Å². The Balaban J connectivity index is 2.49. The van der Waals surface area contributed by atoms with E-state index < -0.39 is 0 Å². The van der Waals surface area contributed by atoms with Crippen LogP contribution in [0.15, 0.2) is 12.7 Å². The van der Waals surface area contributed by atoms with E-state index in [4.69, 9.17) is 4.74 Å². The third kappa shape index (κ3) is 1.97. The maximum atomic E-state index is 10.8. The van der Waals surface area contributed by atoms with Gasteiger partial charge in [0, 0.05) is 7.11 Å². The summed E-state index contributed by atoms with van der Waals surface area (Å²) in [4.78, 5) is 10.8. The van der Waals surface area contributed by atoms with Crippen molar-refractivity contribution in [3.8, 4) is 0 Å². The van der Waals surface area contributed by atoms with Crippen molar-refractivity contribution in [2.75, 3.05) is 7.11 Å². The monoisotopic (exact) mass is 173 g/mol. The largest absolute Gasteiger partial charge is 0.361 e. The normalized spacial score (nSPS) is 30.1. The fourth-order valence-electron chi connectivity index (χ4n) is 0.989. The van der Waals surface area contributed by atoms with Gasteiger partial charge in [0.15, 0.2) is 0 Å². The number of nitrogens with one attached hydrogen (secondary N) is 1. The summed E-state index contributed by atoms with van der Waals surface area (Å²) in [5.74, 6) is 0. The molecule has 0 aromatic rings. The van der Waals surface area contributed by atoms with Crippen LogP contribution < -0.4 is 5.32 Å². The predicted molar refractivity (Wildman–Crippen MR) is 45.5 cm³/mol. The number of thioether (sulfide) groups is 1. The van der Waals surface area contributed by atoms with E-state index in [0.717, 1.165) is 6.42 Å². The summed E-state index contributed by atoms with van der Waals surface area (Å²) in [5.41, 5.74) is 0. The van der Waals surface area contributed by atoms with E-state index in [1.54, 1.807) is 13.2 Å². The molecule has 1 saturated heterocycles. The molecule has 0 unspecified atom stereocenters. The number of amides is 1. The number of ether oxygens (including phenoxy) is 1. The Hall–Kier alpha value is -0.480. The van der Waals surface area contributed by atoms with Gasteiger partial charge in [0.2, 0.25) is 0 Å². The van der Waals surface area contributed by atoms with Gasteiger partial charge in [-0.05, 0) is 6.42 Å². The fourth-order valence-corrected chi connectivity index (χ4v) is 1.98. The van der Waals surface area contributed by atoms with Gasteiger partial charge in [0.25, 0.3) is 5.24 Å². The summed E-state index contributed by atoms with van der Waals surface area (Å²) in [6.45, 7) is 3.61. The third-order valence-corrected chi connectivity index (χ3v) is 2.58. The Kier molecular flexibility index (Phi) is 2.96. The molecule has 0 aliphatic carbocycles. The van der Waals surface area contributed by atoms with E-state index in [9.17, 15) is 4.79 Å². The van der Waals surface area contributed by atoms with Crippen LogP contribution in [-0.2, 0) is 4.74 Å². The highest BCUT2D eigenvalue weighted by Crippen LogP contribution is 2.26. The van der Waals surface area contributed by atoms with Gasteiger partial charge >= 0.3 is 0 Å². The van der Waals surface area contributed by atoms with Crippen molar-refractivity contribution < 1.29 is 9.53 Å². The Morgan fingerprint density at radius 3 is 3.18 bits per heavy atom. The zero-order chi connectivity index (χ0) is 8.27. The number of hydrogen-bond donors (Lipinski definition) is 1. The van der Waals surface area contributed by atoms with Crippen molar-refractivity contribution in [2.45, 2.75) is 17.9 Å². The first-order valence-corrected chi connectivity index (χ1v) is 4.26. The Labute approximate surface area is 70.2 Å². The van der Waals surface area contributed by atoms with Crippen LogP contribution in [0, 0.1) is 0 Å². The summed E-state index contributed by atoms with van der Waals surface area (Å²) in [7, 11) is 1.59. The molecule has 1 N–H and O–H groups in total. The molecule has 0 bridgehead atoms. The number of carbonyl (C=O) groups is 1. The summed E-state index contributed by atoms with van der Waals surface area (Å²) in [5, 5.41) is 2.87. The maximum Gasteiger partial charge on any atom is 0.281 e. The van der Waals surface area contributed by atoms with Crippen molar-refractivity contribution in [1.29, 1.82) is 0 Å². The molecule has 4 heteroatoms. The van der Waals surface area contributed by atoms with E-state index >= 15 is 0 Å². The number of hydrogen-bond acceptors (Lipinski definition) is 3. The van der Waals surface area contributed by atoms with Gasteiger partial charge in [-0.1, -0.05) is 17.8 Å². The Morgan fingerprint density at radius 2 is 2.64 bits per heavy atom. The van der Waals surface area contributed by atoms with Gasteiger partial charge in [-0.15, -0.1) is 6.58 Å². The van der Waals surface area contributed by atoms with E-state index in [1.165, 1.54) is 11.8 Å². The lowest BCUT2D eigenvalue weighted by Crippen LogP contribution is -2.32. The smallest absolute Gasteiger partial charge is 0.281 e. The summed E-state index contributed by atoms with van der Waals surface area (Å²) < 4.78 is 5.05. The highest BCUT2D eigenvalue weighted by Gasteiger charge is 2.31. The molecule has 0 spiro atoms. The molecular formula is C7H11NO2S. The van der Waals surface area contributed by atoms with Gasteiger partial charge in [0.05, 0.1) is 5.25 Å². The first-order chi connectivity index (χ1) is 5.27. The quantitative estimate of drug-likeness (QED) is 0.655. The van der Waals surface area contributed by atoms with E-state index in [2.05, 4.69) is 11.9 Å². The first kappa shape index (κ1) is 8.62. The van der Waals surface area contributed by atoms with Crippen molar-refractivity contribution >= 4 is 17.0 Å². The van der Waals surface area contributed by atoms with Crippen LogP contribution >= 0.6 is 11.8 Å². The second-order valence-corrected chi connectivity index (χ2v) is 3.48. The molecule has 1 aliphatic rings. The first-order valence-electron chi connectivity index (χ1n) is 3.38. The Morgan fingerprint density at radius 1 is 1.91 bits per heavy atom. The van der Waals surface area contributed by atoms with Crippen LogP contribution in [0.5, 0.6) is 0 Å². The fraction of sp³-hybridized carbons (Fsp3) is 0.571. The highest BCUT2D eigenvalue weighted by atomic mass is 32.2. The van der Waals surface area contributed by atoms with Gasteiger partial charge in [-0.3, -0.25) is 4.79 Å². The average Bonchev–Trinajstić information content (AvgIpc) is 2.32. The molecule has 1 rings (SSSR count). The van der Waals surface area contributed by atoms with Crippen LogP contribution in [0.25, 0.3) is 0 Å². The van der Waals surface area contributed by atoms with Gasteiger partial charge in [0.1, 0.15) is 6.23 Å². The molecule has 1 amide bonds. The van der Waals surface area contributed by atoms with Crippen molar-refractivity contribution in [2.24, 2.45) is 0 Å². The number of carbonyl (C=O) groups excluding carboxylic acids is 1. The molecule has 1 fully saturated rings. The zero-order valence-electron chi connectivity index (χ0n) is 6.37. The van der Waals surface area contributed by atoms with E-state index in [0.29, 0.717) is 0 Å². The third-order valence-electron chi connectivity index (χ3n) is 1.51. The standard InChI is InChI=1S/C7H11NO2S/c1-3-4-5-6(10-2)8-7(9)11-5/h3,5-6H,1,4H2,2H3,(H,8,9)/t5-,6-/m0/s1. The molecule has 2 atom stereocenters. The SMILES string of the molecule is C=CC[C@@H]1SC(=O)N[C@H]1OC. The summed E-state index contributed by atoms with van der Waals surface area (Å²) in [6, 6.07) is 0. The van der Waals surface area contributed by atoms with Crippen LogP contribution in [0.2, 0.25) is 0 Å². The topological polar surface area (TPSA) is 38.3 Å². The van der Waals surface area contributed by atoms with Crippen LogP contribution in [-0.4, -0.2) is 23.8 Å². The maximum absolute atomic E-state index is 10.8. The molecule has 1 aliphatic heterocycles. The molecule has 3 nitrogen and oxygen atoms in total. The summed E-state index contributed by atoms with van der Waals surface area (Å²) in [6.07, 6.45) is 2.44. The molecule has 1 heterocycles. The number of allylic oxidation sites excluding steroid dienone is 1. The lowest BCUT2D eigenvalue weighted by atomic mass is 10.3. The summed E-state index contributed by atoms with van der Waals surface area (Å²) >= 11 is 1.28. The van der Waals surface area contributed by atoms with E-state index in [1.807, 2.05) is 0 Å². The molecule has 0 saturated carbocycles. The van der Waals surface area contributed by atoms with Crippen molar-refractivity contribution in [3.63, 3.8) is 0 Å². The van der Waals surface area contributed by atoms with Gasteiger partial charge < -0.3 is 10.1 Å². The van der Waals surface area contributed by atoms with Crippen LogP contribution in [0.4, 0.5) is 4.79 Å². The van der Waals surface area contributed by atoms with Crippen LogP contribution in [0.1, 0.15) is 6.42 Å². The Bertz CT molecular complexity index is 172. The molecule has 0 aromatic carbocycles. The van der Waals surface area contributed by atoms with Crippen LogP contribution in [0.3, 0.4) is 0 Å². The lowest BCUT2D eigenvalue weighted by Gasteiger charge is -2.13. The highest BCUT2D eigenvalue weighted by molar-refractivity contribution is 8.14. The minimum Gasteiger partial charge on any atom is -0.361 e.